The molecule has 1 atom stereocenters. The van der Waals surface area contributed by atoms with E-state index in [2.05, 4.69) is 62.0 Å². The summed E-state index contributed by atoms with van der Waals surface area (Å²) in [7, 11) is 0. The molecule has 4 nitrogen and oxygen atoms in total. The van der Waals surface area contributed by atoms with Crippen LogP contribution in [-0.2, 0) is 6.42 Å². The molecule has 3 rings (SSSR count). The van der Waals surface area contributed by atoms with Crippen LogP contribution in [0.25, 0.3) is 0 Å². The highest BCUT2D eigenvalue weighted by Gasteiger charge is 2.26. The number of rotatable bonds is 1. The van der Waals surface area contributed by atoms with E-state index in [0.29, 0.717) is 12.0 Å². The second-order valence-corrected chi connectivity index (χ2v) is 5.64. The second-order valence-electron chi connectivity index (χ2n) is 4.79. The first kappa shape index (κ1) is 12.4. The summed E-state index contributed by atoms with van der Waals surface area (Å²) >= 11 is 3.52. The third kappa shape index (κ3) is 2.18. The van der Waals surface area contributed by atoms with Gasteiger partial charge in [0.2, 0.25) is 5.95 Å². The van der Waals surface area contributed by atoms with Gasteiger partial charge in [-0.1, -0.05) is 18.2 Å². The normalized spacial score (nSPS) is 18.2. The minimum absolute atomic E-state index is 0.299. The molecule has 0 radical (unpaired) electrons. The van der Waals surface area contributed by atoms with Crippen molar-refractivity contribution in [3.8, 4) is 0 Å². The second kappa shape index (κ2) is 4.81. The Labute approximate surface area is 120 Å². The van der Waals surface area contributed by atoms with Crippen molar-refractivity contribution in [2.45, 2.75) is 25.8 Å². The first-order valence-electron chi connectivity index (χ1n) is 6.32. The van der Waals surface area contributed by atoms with Crippen molar-refractivity contribution in [1.29, 1.82) is 0 Å². The maximum Gasteiger partial charge on any atom is 0.222 e. The molecule has 0 bridgehead atoms. The van der Waals surface area contributed by atoms with E-state index in [-0.39, 0.29) is 0 Å². The zero-order valence-corrected chi connectivity index (χ0v) is 12.3. The molecule has 0 saturated carbocycles. The number of aryl methyl sites for hydroxylation is 1. The van der Waals surface area contributed by atoms with Crippen LogP contribution in [0.3, 0.4) is 0 Å². The lowest BCUT2D eigenvalue weighted by atomic mass is 9.97. The fourth-order valence-electron chi connectivity index (χ4n) is 2.55. The highest BCUT2D eigenvalue weighted by Crippen LogP contribution is 2.38. The van der Waals surface area contributed by atoms with E-state index < -0.39 is 0 Å². The molecule has 0 spiro atoms. The molecule has 2 heterocycles. The quantitative estimate of drug-likeness (QED) is 0.876. The topological polar surface area (TPSA) is 55.0 Å². The van der Waals surface area contributed by atoms with Crippen LogP contribution >= 0.6 is 15.9 Å². The lowest BCUT2D eigenvalue weighted by Crippen LogP contribution is -2.34. The van der Waals surface area contributed by atoms with Crippen molar-refractivity contribution in [3.63, 3.8) is 0 Å². The zero-order valence-electron chi connectivity index (χ0n) is 10.7. The van der Waals surface area contributed by atoms with Crippen molar-refractivity contribution < 1.29 is 0 Å². The number of anilines is 3. The Morgan fingerprint density at radius 2 is 2.16 bits per heavy atom. The van der Waals surface area contributed by atoms with Crippen LogP contribution in [0.15, 0.2) is 34.9 Å². The highest BCUT2D eigenvalue weighted by atomic mass is 79.9. The van der Waals surface area contributed by atoms with Gasteiger partial charge in [-0.25, -0.2) is 4.98 Å². The molecule has 1 unspecified atom stereocenters. The summed E-state index contributed by atoms with van der Waals surface area (Å²) in [6.07, 6.45) is 3.92. The third-order valence-corrected chi connectivity index (χ3v) is 4.06. The van der Waals surface area contributed by atoms with Crippen molar-refractivity contribution in [3.05, 3.63) is 40.5 Å². The lowest BCUT2D eigenvalue weighted by molar-refractivity contribution is 0.612. The Balaban J connectivity index is 2.16. The molecule has 2 aromatic rings. The van der Waals surface area contributed by atoms with Crippen LogP contribution in [0.4, 0.5) is 17.5 Å². The van der Waals surface area contributed by atoms with Gasteiger partial charge in [0.15, 0.2) is 5.82 Å². The lowest BCUT2D eigenvalue weighted by Gasteiger charge is -2.36. The van der Waals surface area contributed by atoms with E-state index in [0.717, 1.165) is 23.1 Å². The minimum atomic E-state index is 0.299. The molecule has 1 aromatic carbocycles. The first-order valence-corrected chi connectivity index (χ1v) is 7.11. The Hall–Kier alpha value is -1.62. The number of nitrogens with zero attached hydrogens (tertiary/aromatic N) is 3. The molecule has 98 valence electrons. The summed E-state index contributed by atoms with van der Waals surface area (Å²) in [5.74, 6) is 1.14. The van der Waals surface area contributed by atoms with Crippen LogP contribution < -0.4 is 10.6 Å². The molecular formula is C14H15BrN4. The smallest absolute Gasteiger partial charge is 0.222 e. The number of hydrogen-bond acceptors (Lipinski definition) is 4. The average Bonchev–Trinajstić information content (AvgIpc) is 2.42. The summed E-state index contributed by atoms with van der Waals surface area (Å²) in [6, 6.07) is 8.83. The SMILES string of the molecule is CC1CCc2ccccc2N1c1nc(N)ncc1Br. The van der Waals surface area contributed by atoms with Crippen LogP contribution in [-0.4, -0.2) is 16.0 Å². The molecular weight excluding hydrogens is 304 g/mol. The molecule has 1 aliphatic heterocycles. The van der Waals surface area contributed by atoms with Crippen LogP contribution in [0.2, 0.25) is 0 Å². The molecule has 0 amide bonds. The van der Waals surface area contributed by atoms with Crippen molar-refractivity contribution in [2.24, 2.45) is 0 Å². The Morgan fingerprint density at radius 1 is 1.37 bits per heavy atom. The standard InChI is InChI=1S/C14H15BrN4/c1-9-6-7-10-4-2-3-5-12(10)19(9)13-11(15)8-17-14(16)18-13/h2-5,8-9H,6-7H2,1H3,(H2,16,17,18). The number of para-hydroxylation sites is 1. The van der Waals surface area contributed by atoms with Gasteiger partial charge in [-0.15, -0.1) is 0 Å². The Kier molecular flexibility index (Phi) is 3.14. The Morgan fingerprint density at radius 3 is 3.00 bits per heavy atom. The summed E-state index contributed by atoms with van der Waals surface area (Å²) < 4.78 is 0.866. The summed E-state index contributed by atoms with van der Waals surface area (Å²) in [5, 5.41) is 0. The minimum Gasteiger partial charge on any atom is -0.368 e. The summed E-state index contributed by atoms with van der Waals surface area (Å²) in [4.78, 5) is 10.6. The summed E-state index contributed by atoms with van der Waals surface area (Å²) in [5.41, 5.74) is 8.29. The largest absolute Gasteiger partial charge is 0.368 e. The zero-order chi connectivity index (χ0) is 13.4. The van der Waals surface area contributed by atoms with Gasteiger partial charge in [-0.3, -0.25) is 0 Å². The Bertz CT molecular complexity index is 614. The van der Waals surface area contributed by atoms with E-state index >= 15 is 0 Å². The molecule has 5 heteroatoms. The monoisotopic (exact) mass is 318 g/mol. The van der Waals surface area contributed by atoms with E-state index in [1.165, 1.54) is 11.3 Å². The number of aromatic nitrogens is 2. The molecule has 0 aliphatic carbocycles. The number of halogens is 1. The highest BCUT2D eigenvalue weighted by molar-refractivity contribution is 9.10. The van der Waals surface area contributed by atoms with Gasteiger partial charge in [0.25, 0.3) is 0 Å². The fraction of sp³-hybridized carbons (Fsp3) is 0.286. The third-order valence-electron chi connectivity index (χ3n) is 3.50. The van der Waals surface area contributed by atoms with Gasteiger partial charge in [0, 0.05) is 17.9 Å². The molecule has 19 heavy (non-hydrogen) atoms. The van der Waals surface area contributed by atoms with Gasteiger partial charge in [0.05, 0.1) is 4.47 Å². The maximum atomic E-state index is 5.73. The molecule has 1 aliphatic rings. The number of benzene rings is 1. The number of hydrogen-bond donors (Lipinski definition) is 1. The number of nitrogens with two attached hydrogens (primary N) is 1. The molecule has 2 N–H and O–H groups in total. The summed E-state index contributed by atoms with van der Waals surface area (Å²) in [6.45, 7) is 2.21. The van der Waals surface area contributed by atoms with Crippen molar-refractivity contribution in [1.82, 2.24) is 9.97 Å². The van der Waals surface area contributed by atoms with E-state index in [9.17, 15) is 0 Å². The van der Waals surface area contributed by atoms with Gasteiger partial charge in [-0.05, 0) is 47.3 Å². The van der Waals surface area contributed by atoms with Gasteiger partial charge < -0.3 is 10.6 Å². The maximum absolute atomic E-state index is 5.73. The van der Waals surface area contributed by atoms with E-state index in [4.69, 9.17) is 5.73 Å². The predicted octanol–water partition coefficient (Wildman–Crippen LogP) is 3.29. The molecule has 1 aromatic heterocycles. The van der Waals surface area contributed by atoms with Crippen LogP contribution in [0.5, 0.6) is 0 Å². The van der Waals surface area contributed by atoms with Crippen molar-refractivity contribution in [2.75, 3.05) is 10.6 Å². The van der Waals surface area contributed by atoms with Gasteiger partial charge in [0.1, 0.15) is 0 Å². The van der Waals surface area contributed by atoms with E-state index in [1.807, 2.05) is 0 Å². The number of nitrogen functional groups attached to an aromatic ring is 1. The van der Waals surface area contributed by atoms with Crippen LogP contribution in [0.1, 0.15) is 18.9 Å². The van der Waals surface area contributed by atoms with Crippen LogP contribution in [0, 0.1) is 0 Å². The fourth-order valence-corrected chi connectivity index (χ4v) is 2.93. The average molecular weight is 319 g/mol. The molecule has 0 fully saturated rings. The van der Waals surface area contributed by atoms with Crippen molar-refractivity contribution >= 4 is 33.4 Å². The van der Waals surface area contributed by atoms with Gasteiger partial charge in [-0.2, -0.15) is 4.98 Å². The van der Waals surface area contributed by atoms with E-state index in [1.54, 1.807) is 6.20 Å². The van der Waals surface area contributed by atoms with Gasteiger partial charge >= 0.3 is 0 Å². The first-order chi connectivity index (χ1) is 9.16. The number of fused-ring (bicyclic) bond motifs is 1. The predicted molar refractivity (Wildman–Crippen MR) is 80.5 cm³/mol. The molecule has 0 saturated heterocycles.